The quantitative estimate of drug-likeness (QED) is 0.807. The molecule has 6 nitrogen and oxygen atoms in total. The number of benzene rings is 1. The van der Waals surface area contributed by atoms with Crippen molar-refractivity contribution < 1.29 is 21.9 Å². The number of ether oxygens (including phenoxy) is 1. The van der Waals surface area contributed by atoms with Gasteiger partial charge in [0.25, 0.3) is 0 Å². The fourth-order valence-electron chi connectivity index (χ4n) is 2.66. The average molecular weight is 369 g/mol. The van der Waals surface area contributed by atoms with E-state index in [0.717, 1.165) is 17.8 Å². The van der Waals surface area contributed by atoms with Crippen LogP contribution in [0, 0.1) is 18.6 Å². The molecule has 1 aliphatic rings. The van der Waals surface area contributed by atoms with Crippen LogP contribution in [0.15, 0.2) is 30.3 Å². The Labute approximate surface area is 144 Å². The molecule has 2 aromatic rings. The highest BCUT2D eigenvalue weighted by molar-refractivity contribution is 7.88. The van der Waals surface area contributed by atoms with Crippen molar-refractivity contribution in [2.75, 3.05) is 13.1 Å². The zero-order chi connectivity index (χ0) is 18.0. The van der Waals surface area contributed by atoms with Gasteiger partial charge in [-0.1, -0.05) is 0 Å². The Morgan fingerprint density at radius 3 is 2.56 bits per heavy atom. The molecule has 0 N–H and O–H groups in total. The van der Waals surface area contributed by atoms with Gasteiger partial charge in [-0.3, -0.25) is 0 Å². The molecule has 0 aliphatic carbocycles. The summed E-state index contributed by atoms with van der Waals surface area (Å²) in [5.74, 6) is -1.72. The van der Waals surface area contributed by atoms with Crippen molar-refractivity contribution in [3.05, 3.63) is 53.2 Å². The minimum Gasteiger partial charge on any atom is -0.472 e. The molecule has 1 atom stereocenters. The van der Waals surface area contributed by atoms with Gasteiger partial charge in [0.1, 0.15) is 17.7 Å². The maximum atomic E-state index is 13.2. The number of nitrogens with zero attached hydrogens (tertiary/aromatic N) is 3. The van der Waals surface area contributed by atoms with E-state index in [9.17, 15) is 17.2 Å². The van der Waals surface area contributed by atoms with Crippen molar-refractivity contribution in [1.29, 1.82) is 0 Å². The molecule has 134 valence electrons. The van der Waals surface area contributed by atoms with Crippen LogP contribution in [0.25, 0.3) is 0 Å². The minimum absolute atomic E-state index is 0.0752. The van der Waals surface area contributed by atoms with Crippen LogP contribution in [0.5, 0.6) is 5.88 Å². The van der Waals surface area contributed by atoms with Gasteiger partial charge in [0.05, 0.1) is 18.0 Å². The first kappa shape index (κ1) is 17.7. The number of aromatic nitrogens is 2. The SMILES string of the molecule is Cc1ccc(OC2CCN(S(=O)(=O)Cc3cc(F)cc(F)c3)C2)nn1. The van der Waals surface area contributed by atoms with Crippen molar-refractivity contribution in [3.8, 4) is 5.88 Å². The van der Waals surface area contributed by atoms with Gasteiger partial charge in [-0.25, -0.2) is 17.2 Å². The van der Waals surface area contributed by atoms with Gasteiger partial charge >= 0.3 is 0 Å². The molecule has 3 rings (SSSR count). The highest BCUT2D eigenvalue weighted by atomic mass is 32.2. The number of hydrogen-bond acceptors (Lipinski definition) is 5. The molecule has 0 spiro atoms. The van der Waals surface area contributed by atoms with Crippen LogP contribution in [-0.4, -0.2) is 42.1 Å². The Bertz CT molecular complexity index is 839. The lowest BCUT2D eigenvalue weighted by atomic mass is 10.2. The molecule has 0 saturated carbocycles. The Hall–Kier alpha value is -2.13. The van der Waals surface area contributed by atoms with Gasteiger partial charge in [0.2, 0.25) is 15.9 Å². The number of sulfonamides is 1. The standard InChI is InChI=1S/C16H17F2N3O3S/c1-11-2-3-16(20-19-11)24-15-4-5-21(9-15)25(22,23)10-12-6-13(17)8-14(18)7-12/h2-3,6-8,15H,4-5,9-10H2,1H3. The predicted octanol–water partition coefficient (Wildman–Crippen LogP) is 2.05. The van der Waals surface area contributed by atoms with Crippen LogP contribution < -0.4 is 4.74 Å². The lowest BCUT2D eigenvalue weighted by Crippen LogP contribution is -2.32. The summed E-state index contributed by atoms with van der Waals surface area (Å²) in [6, 6.07) is 6.18. The summed E-state index contributed by atoms with van der Waals surface area (Å²) in [5.41, 5.74) is 0.830. The Morgan fingerprint density at radius 2 is 1.92 bits per heavy atom. The fraction of sp³-hybridized carbons (Fsp3) is 0.375. The first-order chi connectivity index (χ1) is 11.8. The molecule has 25 heavy (non-hydrogen) atoms. The van der Waals surface area contributed by atoms with E-state index in [1.807, 2.05) is 0 Å². The molecule has 2 heterocycles. The van der Waals surface area contributed by atoms with E-state index in [0.29, 0.717) is 18.4 Å². The van der Waals surface area contributed by atoms with E-state index in [1.54, 1.807) is 19.1 Å². The third kappa shape index (κ3) is 4.49. The summed E-state index contributed by atoms with van der Waals surface area (Å²) in [6.45, 7) is 2.25. The molecule has 1 aliphatic heterocycles. The monoisotopic (exact) mass is 369 g/mol. The lowest BCUT2D eigenvalue weighted by Gasteiger charge is -2.17. The first-order valence-electron chi connectivity index (χ1n) is 7.71. The highest BCUT2D eigenvalue weighted by Gasteiger charge is 2.33. The molecule has 0 radical (unpaired) electrons. The second kappa shape index (κ2) is 7.01. The van der Waals surface area contributed by atoms with Crippen LogP contribution in [-0.2, 0) is 15.8 Å². The van der Waals surface area contributed by atoms with Crippen LogP contribution in [0.2, 0.25) is 0 Å². The molecule has 1 aromatic carbocycles. The van der Waals surface area contributed by atoms with Crippen molar-refractivity contribution in [3.63, 3.8) is 0 Å². The molecule has 1 unspecified atom stereocenters. The van der Waals surface area contributed by atoms with Crippen molar-refractivity contribution in [1.82, 2.24) is 14.5 Å². The van der Waals surface area contributed by atoms with E-state index in [4.69, 9.17) is 4.74 Å². The number of rotatable bonds is 5. The van der Waals surface area contributed by atoms with Crippen molar-refractivity contribution >= 4 is 10.0 Å². The molecule has 1 aromatic heterocycles. The predicted molar refractivity (Wildman–Crippen MR) is 86.4 cm³/mol. The van der Waals surface area contributed by atoms with Gasteiger partial charge in [0.15, 0.2) is 0 Å². The highest BCUT2D eigenvalue weighted by Crippen LogP contribution is 2.21. The van der Waals surface area contributed by atoms with Crippen LogP contribution >= 0.6 is 0 Å². The van der Waals surface area contributed by atoms with Gasteiger partial charge in [-0.2, -0.15) is 9.40 Å². The molecular weight excluding hydrogens is 352 g/mol. The van der Waals surface area contributed by atoms with Gasteiger partial charge in [-0.05, 0) is 37.1 Å². The van der Waals surface area contributed by atoms with Gasteiger partial charge in [-0.15, -0.1) is 5.10 Å². The fourth-order valence-corrected chi connectivity index (χ4v) is 4.21. The maximum Gasteiger partial charge on any atom is 0.233 e. The molecule has 1 fully saturated rings. The second-order valence-electron chi connectivity index (χ2n) is 5.93. The smallest absolute Gasteiger partial charge is 0.233 e. The number of hydrogen-bond donors (Lipinski definition) is 0. The van der Waals surface area contributed by atoms with Gasteiger partial charge < -0.3 is 4.74 Å². The minimum atomic E-state index is -3.69. The Balaban J connectivity index is 1.64. The Morgan fingerprint density at radius 1 is 1.20 bits per heavy atom. The number of halogens is 2. The van der Waals surface area contributed by atoms with Crippen molar-refractivity contribution in [2.45, 2.75) is 25.2 Å². The largest absolute Gasteiger partial charge is 0.472 e. The first-order valence-corrected chi connectivity index (χ1v) is 9.32. The lowest BCUT2D eigenvalue weighted by molar-refractivity contribution is 0.204. The van der Waals surface area contributed by atoms with E-state index >= 15 is 0 Å². The molecule has 0 amide bonds. The van der Waals surface area contributed by atoms with E-state index in [2.05, 4.69) is 10.2 Å². The molecule has 1 saturated heterocycles. The number of aryl methyl sites for hydroxylation is 1. The molecule has 0 bridgehead atoms. The summed E-state index contributed by atoms with van der Waals surface area (Å²) < 4.78 is 58.3. The third-order valence-electron chi connectivity index (χ3n) is 3.83. The summed E-state index contributed by atoms with van der Waals surface area (Å²) in [6.07, 6.45) is 0.169. The summed E-state index contributed by atoms with van der Waals surface area (Å²) >= 11 is 0. The maximum absolute atomic E-state index is 13.2. The summed E-state index contributed by atoms with van der Waals surface area (Å²) in [7, 11) is -3.69. The zero-order valence-electron chi connectivity index (χ0n) is 13.5. The topological polar surface area (TPSA) is 72.4 Å². The van der Waals surface area contributed by atoms with Crippen LogP contribution in [0.3, 0.4) is 0 Å². The second-order valence-corrected chi connectivity index (χ2v) is 7.90. The Kier molecular flexibility index (Phi) is 4.96. The van der Waals surface area contributed by atoms with Gasteiger partial charge in [0, 0.05) is 18.7 Å². The molecular formula is C16H17F2N3O3S. The van der Waals surface area contributed by atoms with E-state index < -0.39 is 27.4 Å². The zero-order valence-corrected chi connectivity index (χ0v) is 14.3. The van der Waals surface area contributed by atoms with Crippen LogP contribution in [0.1, 0.15) is 17.7 Å². The normalized spacial score (nSPS) is 18.4. The average Bonchev–Trinajstić information content (AvgIpc) is 2.97. The van der Waals surface area contributed by atoms with Crippen LogP contribution in [0.4, 0.5) is 8.78 Å². The van der Waals surface area contributed by atoms with E-state index in [-0.39, 0.29) is 24.8 Å². The van der Waals surface area contributed by atoms with Crippen molar-refractivity contribution in [2.24, 2.45) is 0 Å². The van der Waals surface area contributed by atoms with E-state index in [1.165, 1.54) is 4.31 Å². The molecule has 9 heteroatoms. The summed E-state index contributed by atoms with van der Waals surface area (Å²) in [4.78, 5) is 0. The third-order valence-corrected chi connectivity index (χ3v) is 5.65. The summed E-state index contributed by atoms with van der Waals surface area (Å²) in [5, 5.41) is 7.78.